The normalized spacial score (nSPS) is 20.9. The second kappa shape index (κ2) is 5.92. The first kappa shape index (κ1) is 15.3. The Morgan fingerprint density at radius 3 is 2.91 bits per heavy atom. The van der Waals surface area contributed by atoms with Crippen LogP contribution in [0.2, 0.25) is 5.02 Å². The average Bonchev–Trinajstić information content (AvgIpc) is 2.46. The highest BCUT2D eigenvalue weighted by molar-refractivity contribution is 6.30. The first-order chi connectivity index (χ1) is 10.5. The van der Waals surface area contributed by atoms with E-state index in [9.17, 15) is 9.59 Å². The predicted molar refractivity (Wildman–Crippen MR) is 85.6 cm³/mol. The van der Waals surface area contributed by atoms with E-state index in [-0.39, 0.29) is 24.4 Å². The number of nitrogens with zero attached hydrogens (tertiary/aromatic N) is 2. The maximum atomic E-state index is 12.4. The van der Waals surface area contributed by atoms with Gasteiger partial charge < -0.3 is 9.80 Å². The van der Waals surface area contributed by atoms with Crippen molar-refractivity contribution < 1.29 is 9.59 Å². The molecule has 0 N–H and O–H groups in total. The van der Waals surface area contributed by atoms with Crippen molar-refractivity contribution in [1.29, 1.82) is 0 Å². The lowest BCUT2D eigenvalue weighted by Gasteiger charge is -2.44. The molecule has 0 radical (unpaired) electrons. The quantitative estimate of drug-likeness (QED) is 0.840. The first-order valence-electron chi connectivity index (χ1n) is 7.81. The fourth-order valence-electron chi connectivity index (χ4n) is 3.36. The molecule has 3 rings (SSSR count). The zero-order valence-corrected chi connectivity index (χ0v) is 13.8. The van der Waals surface area contributed by atoms with Crippen LogP contribution in [0.5, 0.6) is 0 Å². The van der Waals surface area contributed by atoms with Crippen molar-refractivity contribution in [1.82, 2.24) is 9.80 Å². The number of carbonyl (C=O) groups excluding carboxylic acids is 2. The topological polar surface area (TPSA) is 40.6 Å². The fourth-order valence-corrected chi connectivity index (χ4v) is 3.54. The highest BCUT2D eigenvalue weighted by Gasteiger charge is 2.38. The van der Waals surface area contributed by atoms with Crippen LogP contribution in [0.15, 0.2) is 18.2 Å². The number of carbonyl (C=O) groups is 2. The summed E-state index contributed by atoms with van der Waals surface area (Å²) in [5.74, 6) is 0.407. The van der Waals surface area contributed by atoms with Crippen LogP contribution in [0.1, 0.15) is 37.4 Å². The molecule has 4 nitrogen and oxygen atoms in total. The predicted octanol–water partition coefficient (Wildman–Crippen LogP) is 2.65. The third-order valence-corrected chi connectivity index (χ3v) is 4.68. The first-order valence-corrected chi connectivity index (χ1v) is 8.19. The summed E-state index contributed by atoms with van der Waals surface area (Å²) in [5.41, 5.74) is 2.32. The molecular weight excluding hydrogens is 300 g/mol. The monoisotopic (exact) mass is 320 g/mol. The van der Waals surface area contributed by atoms with E-state index in [1.165, 1.54) is 5.56 Å². The van der Waals surface area contributed by atoms with Crippen molar-refractivity contribution in [2.24, 2.45) is 5.92 Å². The average molecular weight is 321 g/mol. The number of hydrogen-bond donors (Lipinski definition) is 0. The van der Waals surface area contributed by atoms with Gasteiger partial charge in [0.2, 0.25) is 11.8 Å². The Labute approximate surface area is 136 Å². The van der Waals surface area contributed by atoms with Gasteiger partial charge in [-0.1, -0.05) is 31.5 Å². The molecule has 2 aliphatic heterocycles. The fraction of sp³-hybridized carbons (Fsp3) is 0.529. The SMILES string of the molecule is CC(C)CC(=O)N1CC(=O)N2CCc3ccc(Cl)cc3C2C1. The Morgan fingerprint density at radius 1 is 1.41 bits per heavy atom. The van der Waals surface area contributed by atoms with E-state index in [0.717, 1.165) is 18.5 Å². The number of amides is 2. The molecule has 118 valence electrons. The number of hydrogen-bond acceptors (Lipinski definition) is 2. The van der Waals surface area contributed by atoms with E-state index in [4.69, 9.17) is 11.6 Å². The molecule has 2 aliphatic rings. The number of rotatable bonds is 2. The van der Waals surface area contributed by atoms with Crippen LogP contribution in [0, 0.1) is 5.92 Å². The molecule has 22 heavy (non-hydrogen) atoms. The Morgan fingerprint density at radius 2 is 2.18 bits per heavy atom. The molecule has 1 aromatic carbocycles. The lowest BCUT2D eigenvalue weighted by molar-refractivity contribution is -0.149. The Hall–Kier alpha value is -1.55. The minimum absolute atomic E-state index is 0.0407. The molecule has 5 heteroatoms. The lowest BCUT2D eigenvalue weighted by atomic mass is 9.90. The smallest absolute Gasteiger partial charge is 0.242 e. The number of piperazine rings is 1. The molecule has 1 fully saturated rings. The van der Waals surface area contributed by atoms with Gasteiger partial charge in [0.15, 0.2) is 0 Å². The zero-order chi connectivity index (χ0) is 15.9. The van der Waals surface area contributed by atoms with Gasteiger partial charge in [0.25, 0.3) is 0 Å². The van der Waals surface area contributed by atoms with Crippen molar-refractivity contribution in [3.8, 4) is 0 Å². The van der Waals surface area contributed by atoms with Crippen molar-refractivity contribution >= 4 is 23.4 Å². The molecule has 2 amide bonds. The van der Waals surface area contributed by atoms with Crippen molar-refractivity contribution in [2.75, 3.05) is 19.6 Å². The van der Waals surface area contributed by atoms with E-state index < -0.39 is 0 Å². The van der Waals surface area contributed by atoms with Gasteiger partial charge in [-0.25, -0.2) is 0 Å². The summed E-state index contributed by atoms with van der Waals surface area (Å²) in [6, 6.07) is 5.81. The van der Waals surface area contributed by atoms with Crippen LogP contribution >= 0.6 is 11.6 Å². The summed E-state index contributed by atoms with van der Waals surface area (Å²) < 4.78 is 0. The second-order valence-corrected chi connectivity index (χ2v) is 7.00. The van der Waals surface area contributed by atoms with Gasteiger partial charge in [-0.2, -0.15) is 0 Å². The lowest BCUT2D eigenvalue weighted by Crippen LogP contribution is -2.55. The molecular formula is C17H21ClN2O2. The third-order valence-electron chi connectivity index (χ3n) is 4.44. The van der Waals surface area contributed by atoms with Gasteiger partial charge >= 0.3 is 0 Å². The van der Waals surface area contributed by atoms with Gasteiger partial charge in [-0.05, 0) is 35.6 Å². The van der Waals surface area contributed by atoms with E-state index >= 15 is 0 Å². The Bertz CT molecular complexity index is 615. The number of halogens is 1. The van der Waals surface area contributed by atoms with Gasteiger partial charge in [0.1, 0.15) is 0 Å². The van der Waals surface area contributed by atoms with Gasteiger partial charge in [0.05, 0.1) is 12.6 Å². The molecule has 0 aliphatic carbocycles. The van der Waals surface area contributed by atoms with Crippen molar-refractivity contribution in [2.45, 2.75) is 32.7 Å². The Balaban J connectivity index is 1.88. The standard InChI is InChI=1S/C17H21ClN2O2/c1-11(2)7-16(21)19-9-15-14-8-13(18)4-3-12(14)5-6-20(15)17(22)10-19/h3-4,8,11,15H,5-7,9-10H2,1-2H3. The number of fused-ring (bicyclic) bond motifs is 3. The van der Waals surface area contributed by atoms with Gasteiger partial charge in [0, 0.05) is 24.5 Å². The highest BCUT2D eigenvalue weighted by atomic mass is 35.5. The van der Waals surface area contributed by atoms with Gasteiger partial charge in [-0.15, -0.1) is 0 Å². The maximum absolute atomic E-state index is 12.4. The van der Waals surface area contributed by atoms with E-state index in [1.807, 2.05) is 36.9 Å². The highest BCUT2D eigenvalue weighted by Crippen LogP contribution is 2.34. The van der Waals surface area contributed by atoms with Crippen molar-refractivity contribution in [3.63, 3.8) is 0 Å². The molecule has 1 unspecified atom stereocenters. The van der Waals surface area contributed by atoms with Gasteiger partial charge in [-0.3, -0.25) is 9.59 Å². The van der Waals surface area contributed by atoms with Crippen LogP contribution in [-0.4, -0.2) is 41.2 Å². The maximum Gasteiger partial charge on any atom is 0.242 e. The van der Waals surface area contributed by atoms with Crippen LogP contribution in [-0.2, 0) is 16.0 Å². The summed E-state index contributed by atoms with van der Waals surface area (Å²) in [7, 11) is 0. The van der Waals surface area contributed by atoms with Crippen LogP contribution in [0.25, 0.3) is 0 Å². The molecule has 1 saturated heterocycles. The largest absolute Gasteiger partial charge is 0.332 e. The minimum Gasteiger partial charge on any atom is -0.332 e. The molecule has 1 aromatic rings. The molecule has 0 saturated carbocycles. The molecule has 0 bridgehead atoms. The molecule has 2 heterocycles. The minimum atomic E-state index is -0.0557. The van der Waals surface area contributed by atoms with Crippen LogP contribution in [0.3, 0.4) is 0 Å². The Kier molecular flexibility index (Phi) is 4.13. The van der Waals surface area contributed by atoms with E-state index in [0.29, 0.717) is 23.9 Å². The summed E-state index contributed by atoms with van der Waals surface area (Å²) >= 11 is 6.13. The second-order valence-electron chi connectivity index (χ2n) is 6.57. The summed E-state index contributed by atoms with van der Waals surface area (Å²) in [4.78, 5) is 28.4. The summed E-state index contributed by atoms with van der Waals surface area (Å²) in [5, 5.41) is 0.679. The van der Waals surface area contributed by atoms with Crippen molar-refractivity contribution in [3.05, 3.63) is 34.3 Å². The van der Waals surface area contributed by atoms with Crippen LogP contribution in [0.4, 0.5) is 0 Å². The third kappa shape index (κ3) is 2.84. The molecule has 1 atom stereocenters. The zero-order valence-electron chi connectivity index (χ0n) is 13.0. The van der Waals surface area contributed by atoms with E-state index in [2.05, 4.69) is 0 Å². The summed E-state index contributed by atoms with van der Waals surface area (Å²) in [6.07, 6.45) is 1.34. The number of benzene rings is 1. The summed E-state index contributed by atoms with van der Waals surface area (Å²) in [6.45, 7) is 5.55. The van der Waals surface area contributed by atoms with E-state index in [1.54, 1.807) is 4.90 Å². The van der Waals surface area contributed by atoms with Crippen LogP contribution < -0.4 is 0 Å². The molecule has 0 spiro atoms. The molecule has 0 aromatic heterocycles.